The molecular weight excluding hydrogens is 220 g/mol. The van der Waals surface area contributed by atoms with Crippen molar-refractivity contribution in [2.75, 3.05) is 12.8 Å². The van der Waals surface area contributed by atoms with Gasteiger partial charge in [0.1, 0.15) is 12.1 Å². The highest BCUT2D eigenvalue weighted by molar-refractivity contribution is 5.62. The number of hydrogen-bond acceptors (Lipinski definition) is 6. The summed E-state index contributed by atoms with van der Waals surface area (Å²) in [6.07, 6.45) is 2.99. The molecule has 88 valence electrons. The summed E-state index contributed by atoms with van der Waals surface area (Å²) >= 11 is 0. The summed E-state index contributed by atoms with van der Waals surface area (Å²) in [4.78, 5) is 12.0. The number of nitrogens with two attached hydrogens (primary N) is 1. The van der Waals surface area contributed by atoms with Gasteiger partial charge in [-0.2, -0.15) is 0 Å². The highest BCUT2D eigenvalue weighted by atomic mass is 16.5. The number of aliphatic hydroxyl groups excluding tert-OH is 1. The maximum atomic E-state index is 9.20. The van der Waals surface area contributed by atoms with Gasteiger partial charge in [0.25, 0.3) is 0 Å². The van der Waals surface area contributed by atoms with Gasteiger partial charge in [-0.3, -0.25) is 0 Å². The molecule has 0 saturated heterocycles. The van der Waals surface area contributed by atoms with Crippen LogP contribution >= 0.6 is 0 Å². The lowest BCUT2D eigenvalue weighted by molar-refractivity contribution is 0.271. The molecule has 0 unspecified atom stereocenters. The largest absolute Gasteiger partial charge is 0.481 e. The van der Waals surface area contributed by atoms with Crippen LogP contribution in [0.15, 0.2) is 24.7 Å². The van der Waals surface area contributed by atoms with Crippen molar-refractivity contribution in [1.29, 1.82) is 0 Å². The lowest BCUT2D eigenvalue weighted by Crippen LogP contribution is -1.97. The Balaban J connectivity index is 2.46. The molecule has 0 aliphatic heterocycles. The summed E-state index contributed by atoms with van der Waals surface area (Å²) in [5, 5.41) is 9.20. The van der Waals surface area contributed by atoms with Crippen molar-refractivity contribution in [3.8, 4) is 17.1 Å². The van der Waals surface area contributed by atoms with Gasteiger partial charge in [-0.1, -0.05) is 0 Å². The fourth-order valence-corrected chi connectivity index (χ4v) is 1.47. The van der Waals surface area contributed by atoms with Crippen LogP contribution in [0.1, 0.15) is 5.56 Å². The van der Waals surface area contributed by atoms with Gasteiger partial charge < -0.3 is 15.6 Å². The van der Waals surface area contributed by atoms with Gasteiger partial charge in [-0.05, 0) is 6.07 Å². The zero-order valence-corrected chi connectivity index (χ0v) is 9.29. The third kappa shape index (κ3) is 2.31. The summed E-state index contributed by atoms with van der Waals surface area (Å²) in [5.41, 5.74) is 7.58. The topological polar surface area (TPSA) is 94.2 Å². The van der Waals surface area contributed by atoms with E-state index in [9.17, 15) is 5.11 Å². The first kappa shape index (κ1) is 11.3. The van der Waals surface area contributed by atoms with Gasteiger partial charge in [0.05, 0.1) is 19.4 Å². The minimum absolute atomic E-state index is 0.148. The summed E-state index contributed by atoms with van der Waals surface area (Å²) in [7, 11) is 1.50. The van der Waals surface area contributed by atoms with Crippen molar-refractivity contribution in [3.63, 3.8) is 0 Å². The zero-order chi connectivity index (χ0) is 12.3. The smallest absolute Gasteiger partial charge is 0.218 e. The van der Waals surface area contributed by atoms with E-state index in [0.29, 0.717) is 23.0 Å². The van der Waals surface area contributed by atoms with Gasteiger partial charge in [0.2, 0.25) is 5.88 Å². The zero-order valence-electron chi connectivity index (χ0n) is 9.29. The van der Waals surface area contributed by atoms with Gasteiger partial charge in [0.15, 0.2) is 0 Å². The van der Waals surface area contributed by atoms with Crippen LogP contribution in [0.25, 0.3) is 11.3 Å². The molecule has 6 nitrogen and oxygen atoms in total. The number of ether oxygens (including phenoxy) is 1. The van der Waals surface area contributed by atoms with E-state index in [2.05, 4.69) is 15.0 Å². The van der Waals surface area contributed by atoms with Crippen LogP contribution in [-0.4, -0.2) is 27.2 Å². The molecule has 0 aromatic carbocycles. The van der Waals surface area contributed by atoms with Crippen molar-refractivity contribution < 1.29 is 9.84 Å². The number of hydrogen-bond donors (Lipinski definition) is 2. The molecule has 2 heterocycles. The Hall–Kier alpha value is -2.21. The van der Waals surface area contributed by atoms with E-state index in [1.165, 1.54) is 13.4 Å². The summed E-state index contributed by atoms with van der Waals surface area (Å²) in [6.45, 7) is -0.148. The third-order valence-electron chi connectivity index (χ3n) is 2.27. The quantitative estimate of drug-likeness (QED) is 0.805. The Kier molecular flexibility index (Phi) is 3.15. The Morgan fingerprint density at radius 2 is 2.12 bits per heavy atom. The SMILES string of the molecule is COc1ncc(-c2cc(N)ncn2)cc1CO. The molecular formula is C11H12N4O2. The average molecular weight is 232 g/mol. The van der Waals surface area contributed by atoms with Crippen LogP contribution in [0.3, 0.4) is 0 Å². The first-order chi connectivity index (χ1) is 8.24. The van der Waals surface area contributed by atoms with Crippen molar-refractivity contribution in [2.45, 2.75) is 6.61 Å². The number of aromatic nitrogens is 3. The molecule has 3 N–H and O–H groups in total. The molecule has 6 heteroatoms. The molecule has 17 heavy (non-hydrogen) atoms. The molecule has 0 aliphatic rings. The van der Waals surface area contributed by atoms with E-state index in [1.54, 1.807) is 18.3 Å². The molecule has 0 aliphatic carbocycles. The molecule has 0 saturated carbocycles. The van der Waals surface area contributed by atoms with Crippen LogP contribution in [-0.2, 0) is 6.61 Å². The monoisotopic (exact) mass is 232 g/mol. The molecule has 2 aromatic heterocycles. The molecule has 0 amide bonds. The maximum Gasteiger partial charge on any atom is 0.218 e. The first-order valence-corrected chi connectivity index (χ1v) is 4.96. The van der Waals surface area contributed by atoms with E-state index in [4.69, 9.17) is 10.5 Å². The van der Waals surface area contributed by atoms with Crippen molar-refractivity contribution >= 4 is 5.82 Å². The van der Waals surface area contributed by atoms with Gasteiger partial charge in [0, 0.05) is 23.4 Å². The van der Waals surface area contributed by atoms with Crippen LogP contribution in [0.5, 0.6) is 5.88 Å². The van der Waals surface area contributed by atoms with Gasteiger partial charge >= 0.3 is 0 Å². The number of nitrogens with zero attached hydrogens (tertiary/aromatic N) is 3. The van der Waals surface area contributed by atoms with Crippen LogP contribution < -0.4 is 10.5 Å². The third-order valence-corrected chi connectivity index (χ3v) is 2.27. The predicted molar refractivity (Wildman–Crippen MR) is 62.2 cm³/mol. The Morgan fingerprint density at radius 3 is 2.76 bits per heavy atom. The lowest BCUT2D eigenvalue weighted by atomic mass is 10.1. The molecule has 0 fully saturated rings. The fraction of sp³-hybridized carbons (Fsp3) is 0.182. The second-order valence-corrected chi connectivity index (χ2v) is 3.38. The molecule has 2 aromatic rings. The first-order valence-electron chi connectivity index (χ1n) is 4.96. The highest BCUT2D eigenvalue weighted by Gasteiger charge is 2.07. The second-order valence-electron chi connectivity index (χ2n) is 3.38. The molecule has 0 atom stereocenters. The Bertz CT molecular complexity index is 531. The molecule has 0 bridgehead atoms. The van der Waals surface area contributed by atoms with E-state index < -0.39 is 0 Å². The number of pyridine rings is 1. The maximum absolute atomic E-state index is 9.20. The average Bonchev–Trinajstić information content (AvgIpc) is 2.38. The highest BCUT2D eigenvalue weighted by Crippen LogP contribution is 2.23. The second kappa shape index (κ2) is 4.75. The molecule has 0 spiro atoms. The Morgan fingerprint density at radius 1 is 1.29 bits per heavy atom. The predicted octanol–water partition coefficient (Wildman–Crippen LogP) is 0.622. The van der Waals surface area contributed by atoms with Crippen molar-refractivity contribution in [3.05, 3.63) is 30.2 Å². The van der Waals surface area contributed by atoms with Crippen LogP contribution in [0.4, 0.5) is 5.82 Å². The van der Waals surface area contributed by atoms with Crippen LogP contribution in [0.2, 0.25) is 0 Å². The van der Waals surface area contributed by atoms with Gasteiger partial charge in [-0.25, -0.2) is 15.0 Å². The van der Waals surface area contributed by atoms with E-state index in [0.717, 1.165) is 5.56 Å². The van der Waals surface area contributed by atoms with Crippen molar-refractivity contribution in [2.24, 2.45) is 0 Å². The van der Waals surface area contributed by atoms with E-state index in [1.807, 2.05) is 0 Å². The fourth-order valence-electron chi connectivity index (χ4n) is 1.47. The number of methoxy groups -OCH3 is 1. The number of nitrogen functional groups attached to an aromatic ring is 1. The molecule has 0 radical (unpaired) electrons. The minimum atomic E-state index is -0.148. The minimum Gasteiger partial charge on any atom is -0.481 e. The van der Waals surface area contributed by atoms with Crippen molar-refractivity contribution in [1.82, 2.24) is 15.0 Å². The van der Waals surface area contributed by atoms with E-state index in [-0.39, 0.29) is 6.61 Å². The number of rotatable bonds is 3. The Labute approximate surface area is 98.1 Å². The van der Waals surface area contributed by atoms with Gasteiger partial charge in [-0.15, -0.1) is 0 Å². The number of aliphatic hydroxyl groups is 1. The normalized spacial score (nSPS) is 10.2. The van der Waals surface area contributed by atoms with Crippen LogP contribution in [0, 0.1) is 0 Å². The standard InChI is InChI=1S/C11H12N4O2/c1-17-11-8(5-16)2-7(4-13-11)9-3-10(12)15-6-14-9/h2-4,6,16H,5H2,1H3,(H2,12,14,15). The summed E-state index contributed by atoms with van der Waals surface area (Å²) < 4.78 is 5.02. The number of anilines is 1. The summed E-state index contributed by atoms with van der Waals surface area (Å²) in [5.74, 6) is 0.787. The lowest BCUT2D eigenvalue weighted by Gasteiger charge is -2.07. The summed E-state index contributed by atoms with van der Waals surface area (Å²) in [6, 6.07) is 3.40. The van der Waals surface area contributed by atoms with E-state index >= 15 is 0 Å². The molecule has 2 rings (SSSR count).